The third kappa shape index (κ3) is 3.71. The number of benzene rings is 1. The van der Waals surface area contributed by atoms with Crippen molar-refractivity contribution in [2.45, 2.75) is 32.1 Å². The number of carbonyl (C=O) groups excluding carboxylic acids is 3. The van der Waals surface area contributed by atoms with E-state index < -0.39 is 0 Å². The summed E-state index contributed by atoms with van der Waals surface area (Å²) in [6.07, 6.45) is 8.91. The Labute approximate surface area is 190 Å². The summed E-state index contributed by atoms with van der Waals surface area (Å²) < 4.78 is 0.950. The van der Waals surface area contributed by atoms with E-state index in [4.69, 9.17) is 0 Å². The number of allylic oxidation sites excluding steroid dienone is 2. The molecule has 0 aromatic heterocycles. The fourth-order valence-corrected chi connectivity index (χ4v) is 6.27. The Morgan fingerprint density at radius 2 is 1.58 bits per heavy atom. The molecule has 1 heterocycles. The van der Waals surface area contributed by atoms with Gasteiger partial charge in [-0.05, 0) is 67.2 Å². The minimum atomic E-state index is -0.366. The Morgan fingerprint density at radius 1 is 0.968 bits per heavy atom. The first-order chi connectivity index (χ1) is 15.0. The Hall–Kier alpha value is -2.15. The van der Waals surface area contributed by atoms with Crippen LogP contribution in [-0.2, 0) is 14.4 Å². The molecule has 1 spiro atoms. The lowest BCUT2D eigenvalue weighted by molar-refractivity contribution is -0.133. The molecule has 7 heteroatoms. The normalized spacial score (nSPS) is 29.4. The molecule has 1 aromatic carbocycles. The highest BCUT2D eigenvalue weighted by atomic mass is 79.9. The summed E-state index contributed by atoms with van der Waals surface area (Å²) in [5.41, 5.74) is 0.829. The highest BCUT2D eigenvalue weighted by Gasteiger charge is 2.69. The van der Waals surface area contributed by atoms with Crippen molar-refractivity contribution in [3.63, 3.8) is 0 Å². The molecule has 31 heavy (non-hydrogen) atoms. The summed E-state index contributed by atoms with van der Waals surface area (Å²) in [5.74, 6) is -0.562. The van der Waals surface area contributed by atoms with Gasteiger partial charge in [-0.15, -0.1) is 0 Å². The zero-order valence-corrected chi connectivity index (χ0v) is 19.1. The predicted molar refractivity (Wildman–Crippen MR) is 121 cm³/mol. The van der Waals surface area contributed by atoms with Crippen LogP contribution in [0.3, 0.4) is 0 Å². The first kappa shape index (κ1) is 20.7. The highest BCUT2D eigenvalue weighted by molar-refractivity contribution is 9.10. The predicted octanol–water partition coefficient (Wildman–Crippen LogP) is 3.34. The first-order valence-corrected chi connectivity index (χ1v) is 12.1. The molecule has 4 atom stereocenters. The molecule has 2 N–H and O–H groups in total. The lowest BCUT2D eigenvalue weighted by Gasteiger charge is -2.26. The molecule has 6 nitrogen and oxygen atoms in total. The van der Waals surface area contributed by atoms with Gasteiger partial charge in [-0.25, -0.2) is 0 Å². The summed E-state index contributed by atoms with van der Waals surface area (Å²) in [6, 6.07) is 7.49. The second-order valence-corrected chi connectivity index (χ2v) is 10.3. The standard InChI is InChI=1S/C24H28BrN3O3/c25-15-3-5-16(6-4-15)27-23(31)21-18-8-7-17(24(18)10-11-24)20(21)22(30)26-12-9-19(29)28-13-1-2-14-28/h3-8,17-18,20-21H,1-2,9-14H2,(H,26,30)(H,27,31)/t17-,18+,20-,21-/m1/s1. The topological polar surface area (TPSA) is 78.5 Å². The fraction of sp³-hybridized carbons (Fsp3) is 0.542. The number of nitrogens with zero attached hydrogens (tertiary/aromatic N) is 1. The number of anilines is 1. The molecule has 164 valence electrons. The maximum atomic E-state index is 13.3. The number of carbonyl (C=O) groups is 3. The smallest absolute Gasteiger partial charge is 0.228 e. The maximum absolute atomic E-state index is 13.3. The van der Waals surface area contributed by atoms with Crippen LogP contribution < -0.4 is 10.6 Å². The van der Waals surface area contributed by atoms with E-state index in [0.29, 0.717) is 13.0 Å². The molecule has 1 aromatic rings. The summed E-state index contributed by atoms with van der Waals surface area (Å²) in [4.78, 5) is 40.6. The van der Waals surface area contributed by atoms with Gasteiger partial charge in [0.1, 0.15) is 0 Å². The first-order valence-electron chi connectivity index (χ1n) is 11.3. The average Bonchev–Trinajstić information content (AvgIpc) is 3.11. The Morgan fingerprint density at radius 3 is 2.19 bits per heavy atom. The van der Waals surface area contributed by atoms with Gasteiger partial charge in [0.25, 0.3) is 0 Å². The molecule has 1 saturated heterocycles. The molecular formula is C24H28BrN3O3. The molecule has 0 unspecified atom stereocenters. The van der Waals surface area contributed by atoms with Gasteiger partial charge in [0.15, 0.2) is 0 Å². The quantitative estimate of drug-likeness (QED) is 0.606. The van der Waals surface area contributed by atoms with Gasteiger partial charge in [0.05, 0.1) is 11.8 Å². The zero-order chi connectivity index (χ0) is 21.6. The second-order valence-electron chi connectivity index (χ2n) is 9.35. The largest absolute Gasteiger partial charge is 0.355 e. The van der Waals surface area contributed by atoms with Gasteiger partial charge in [0.2, 0.25) is 17.7 Å². The van der Waals surface area contributed by atoms with Gasteiger partial charge < -0.3 is 15.5 Å². The van der Waals surface area contributed by atoms with Crippen LogP contribution in [0.4, 0.5) is 5.69 Å². The van der Waals surface area contributed by atoms with Gasteiger partial charge in [0, 0.05) is 36.2 Å². The Kier molecular flexibility index (Phi) is 5.40. The number of hydrogen-bond acceptors (Lipinski definition) is 3. The Balaban J connectivity index is 1.26. The van der Waals surface area contributed by atoms with Crippen LogP contribution in [0.5, 0.6) is 0 Å². The highest BCUT2D eigenvalue weighted by Crippen LogP contribution is 2.72. The van der Waals surface area contributed by atoms with E-state index in [1.807, 2.05) is 29.2 Å². The van der Waals surface area contributed by atoms with Crippen LogP contribution in [0.25, 0.3) is 0 Å². The van der Waals surface area contributed by atoms with E-state index in [9.17, 15) is 14.4 Å². The number of halogens is 1. The van der Waals surface area contributed by atoms with Gasteiger partial charge in [-0.2, -0.15) is 0 Å². The van der Waals surface area contributed by atoms with Crippen molar-refractivity contribution in [3.05, 3.63) is 40.9 Å². The lowest BCUT2D eigenvalue weighted by Crippen LogP contribution is -2.43. The summed E-state index contributed by atoms with van der Waals surface area (Å²) in [5, 5.41) is 6.00. The van der Waals surface area contributed by atoms with Crippen molar-refractivity contribution in [1.82, 2.24) is 10.2 Å². The second kappa shape index (κ2) is 8.08. The maximum Gasteiger partial charge on any atom is 0.228 e. The van der Waals surface area contributed by atoms with Crippen molar-refractivity contribution in [3.8, 4) is 0 Å². The zero-order valence-electron chi connectivity index (χ0n) is 17.5. The van der Waals surface area contributed by atoms with Crippen LogP contribution in [0.15, 0.2) is 40.9 Å². The number of rotatable bonds is 6. The number of amides is 3. The number of likely N-dealkylation sites (tertiary alicyclic amines) is 1. The van der Waals surface area contributed by atoms with E-state index in [-0.39, 0.29) is 46.8 Å². The molecule has 4 aliphatic rings. The van der Waals surface area contributed by atoms with Crippen LogP contribution in [0, 0.1) is 29.1 Å². The van der Waals surface area contributed by atoms with Crippen molar-refractivity contribution in [2.24, 2.45) is 29.1 Å². The van der Waals surface area contributed by atoms with Gasteiger partial charge in [-0.1, -0.05) is 28.1 Å². The minimum absolute atomic E-state index is 0.0845. The monoisotopic (exact) mass is 485 g/mol. The Bertz CT molecular complexity index is 919. The summed E-state index contributed by atoms with van der Waals surface area (Å²) in [6.45, 7) is 1.98. The van der Waals surface area contributed by atoms with Gasteiger partial charge in [-0.3, -0.25) is 14.4 Å². The summed E-state index contributed by atoms with van der Waals surface area (Å²) >= 11 is 3.41. The SMILES string of the molecule is O=C(NCCC(=O)N1CCCC1)[C@H]1[C@H](C(=O)Nc2ccc(Br)cc2)[C@@H]2C=C[C@H]1C21CC1. The van der Waals surface area contributed by atoms with Crippen molar-refractivity contribution in [1.29, 1.82) is 0 Å². The third-order valence-corrected chi connectivity index (χ3v) is 8.18. The molecular weight excluding hydrogens is 458 g/mol. The number of nitrogens with one attached hydrogen (secondary N) is 2. The van der Waals surface area contributed by atoms with Crippen LogP contribution >= 0.6 is 15.9 Å². The third-order valence-electron chi connectivity index (χ3n) is 7.66. The van der Waals surface area contributed by atoms with Gasteiger partial charge >= 0.3 is 0 Å². The van der Waals surface area contributed by atoms with Crippen molar-refractivity contribution < 1.29 is 14.4 Å². The van der Waals surface area contributed by atoms with Crippen LogP contribution in [0.2, 0.25) is 0 Å². The van der Waals surface area contributed by atoms with Crippen molar-refractivity contribution >= 4 is 39.3 Å². The lowest BCUT2D eigenvalue weighted by atomic mass is 9.81. The van der Waals surface area contributed by atoms with E-state index in [2.05, 4.69) is 38.7 Å². The van der Waals surface area contributed by atoms with E-state index in [0.717, 1.165) is 48.9 Å². The molecule has 2 saturated carbocycles. The van der Waals surface area contributed by atoms with Crippen LogP contribution in [0.1, 0.15) is 32.1 Å². The van der Waals surface area contributed by atoms with E-state index >= 15 is 0 Å². The van der Waals surface area contributed by atoms with E-state index in [1.54, 1.807) is 0 Å². The molecule has 1 aliphatic heterocycles. The molecule has 5 rings (SSSR count). The molecule has 3 fully saturated rings. The average molecular weight is 486 g/mol. The fourth-order valence-electron chi connectivity index (χ4n) is 6.00. The van der Waals surface area contributed by atoms with Crippen molar-refractivity contribution in [2.75, 3.05) is 25.0 Å². The minimum Gasteiger partial charge on any atom is -0.355 e. The molecule has 0 radical (unpaired) electrons. The molecule has 3 amide bonds. The number of hydrogen-bond donors (Lipinski definition) is 2. The summed E-state index contributed by atoms with van der Waals surface area (Å²) in [7, 11) is 0. The molecule has 3 aliphatic carbocycles. The van der Waals surface area contributed by atoms with E-state index in [1.165, 1.54) is 0 Å². The molecule has 2 bridgehead atoms. The van der Waals surface area contributed by atoms with Crippen LogP contribution in [-0.4, -0.2) is 42.3 Å².